The molecule has 2 aromatic heterocycles. The minimum atomic E-state index is 0.0551. The molecule has 0 bridgehead atoms. The van der Waals surface area contributed by atoms with E-state index in [0.29, 0.717) is 6.61 Å². The van der Waals surface area contributed by atoms with Crippen LogP contribution in [0, 0.1) is 6.92 Å². The van der Waals surface area contributed by atoms with Crippen molar-refractivity contribution in [1.82, 2.24) is 9.97 Å². The molecule has 0 saturated carbocycles. The van der Waals surface area contributed by atoms with E-state index in [9.17, 15) is 0 Å². The molecule has 2 aromatic rings. The minimum absolute atomic E-state index is 0.0551. The van der Waals surface area contributed by atoms with E-state index in [1.54, 1.807) is 11.3 Å². The lowest BCUT2D eigenvalue weighted by atomic mass is 10.2. The van der Waals surface area contributed by atoms with Crippen molar-refractivity contribution in [2.24, 2.45) is 0 Å². The Hall–Kier alpha value is -0.980. The molecular weight excluding hydrogens is 326 g/mol. The Bertz CT molecular complexity index is 561. The zero-order valence-electron chi connectivity index (χ0n) is 10.5. The van der Waals surface area contributed by atoms with E-state index >= 15 is 0 Å². The summed E-state index contributed by atoms with van der Waals surface area (Å²) in [4.78, 5) is 11.1. The molecule has 4 nitrogen and oxygen atoms in total. The predicted octanol–water partition coefficient (Wildman–Crippen LogP) is 3.19. The second-order valence-corrected chi connectivity index (χ2v) is 6.25. The first-order chi connectivity index (χ1) is 9.24. The standard InChI is InChI=1S/C13H14BrN3OS/c1-9-6-12(16-7-10(9)14)17-3-4-18-11(8-17)13-15-2-5-19-13/h2,5-7,11H,3-4,8H2,1H3/t11-/m0/s1. The SMILES string of the molecule is Cc1cc(N2CCO[C@H](c3nccs3)C2)ncc1Br. The van der Waals surface area contributed by atoms with E-state index in [1.165, 1.54) is 5.56 Å². The average molecular weight is 340 g/mol. The van der Waals surface area contributed by atoms with Gasteiger partial charge >= 0.3 is 0 Å². The number of ether oxygens (including phenoxy) is 1. The molecule has 1 aliphatic heterocycles. The van der Waals surface area contributed by atoms with Crippen molar-refractivity contribution in [2.75, 3.05) is 24.6 Å². The topological polar surface area (TPSA) is 38.2 Å². The third-order valence-corrected chi connectivity index (χ3v) is 4.85. The van der Waals surface area contributed by atoms with Crippen LogP contribution in [0.4, 0.5) is 5.82 Å². The van der Waals surface area contributed by atoms with Gasteiger partial charge in [0, 0.05) is 28.8 Å². The number of anilines is 1. The molecule has 0 N–H and O–H groups in total. The second-order valence-electron chi connectivity index (χ2n) is 4.47. The molecule has 0 radical (unpaired) electrons. The van der Waals surface area contributed by atoms with Crippen molar-refractivity contribution in [3.63, 3.8) is 0 Å². The number of rotatable bonds is 2. The van der Waals surface area contributed by atoms with Crippen molar-refractivity contribution in [3.8, 4) is 0 Å². The lowest BCUT2D eigenvalue weighted by Gasteiger charge is -2.33. The van der Waals surface area contributed by atoms with Gasteiger partial charge in [0.2, 0.25) is 0 Å². The maximum atomic E-state index is 5.80. The van der Waals surface area contributed by atoms with Gasteiger partial charge in [-0.2, -0.15) is 0 Å². The molecule has 1 saturated heterocycles. The number of pyridine rings is 1. The fraction of sp³-hybridized carbons (Fsp3) is 0.385. The molecule has 100 valence electrons. The van der Waals surface area contributed by atoms with Crippen molar-refractivity contribution in [1.29, 1.82) is 0 Å². The number of nitrogens with zero attached hydrogens (tertiary/aromatic N) is 3. The van der Waals surface area contributed by atoms with Gasteiger partial charge in [0.25, 0.3) is 0 Å². The summed E-state index contributed by atoms with van der Waals surface area (Å²) in [6, 6.07) is 2.11. The normalized spacial score (nSPS) is 19.7. The van der Waals surface area contributed by atoms with Crippen molar-refractivity contribution in [3.05, 3.63) is 38.9 Å². The van der Waals surface area contributed by atoms with E-state index in [2.05, 4.69) is 43.8 Å². The fourth-order valence-corrected chi connectivity index (χ4v) is 2.99. The lowest BCUT2D eigenvalue weighted by Crippen LogP contribution is -2.38. The first-order valence-electron chi connectivity index (χ1n) is 6.12. The molecule has 6 heteroatoms. The highest BCUT2D eigenvalue weighted by Gasteiger charge is 2.24. The van der Waals surface area contributed by atoms with E-state index < -0.39 is 0 Å². The molecule has 19 heavy (non-hydrogen) atoms. The fourth-order valence-electron chi connectivity index (χ4n) is 2.10. The van der Waals surface area contributed by atoms with Gasteiger partial charge in [0.15, 0.2) is 0 Å². The molecule has 1 aliphatic rings. The Kier molecular flexibility index (Phi) is 3.81. The van der Waals surface area contributed by atoms with E-state index in [4.69, 9.17) is 4.74 Å². The highest BCUT2D eigenvalue weighted by molar-refractivity contribution is 9.10. The molecule has 1 fully saturated rings. The maximum absolute atomic E-state index is 5.80. The van der Waals surface area contributed by atoms with Gasteiger partial charge in [-0.1, -0.05) is 0 Å². The molecule has 3 rings (SSSR count). The van der Waals surface area contributed by atoms with Gasteiger partial charge in [0.1, 0.15) is 16.9 Å². The summed E-state index contributed by atoms with van der Waals surface area (Å²) in [6.07, 6.45) is 3.74. The Morgan fingerprint density at radius 3 is 3.11 bits per heavy atom. The van der Waals surface area contributed by atoms with Crippen LogP contribution in [0.5, 0.6) is 0 Å². The minimum Gasteiger partial charge on any atom is -0.367 e. The van der Waals surface area contributed by atoms with Gasteiger partial charge in [-0.3, -0.25) is 0 Å². The van der Waals surface area contributed by atoms with Crippen LogP contribution in [-0.2, 0) is 4.74 Å². The summed E-state index contributed by atoms with van der Waals surface area (Å²) in [6.45, 7) is 4.46. The lowest BCUT2D eigenvalue weighted by molar-refractivity contribution is 0.0393. The third kappa shape index (κ3) is 2.80. The quantitative estimate of drug-likeness (QED) is 0.842. The third-order valence-electron chi connectivity index (χ3n) is 3.15. The van der Waals surface area contributed by atoms with Crippen LogP contribution in [0.2, 0.25) is 0 Å². The molecule has 0 unspecified atom stereocenters. The van der Waals surface area contributed by atoms with Crippen LogP contribution in [0.15, 0.2) is 28.3 Å². The zero-order chi connectivity index (χ0) is 13.2. The van der Waals surface area contributed by atoms with Crippen LogP contribution in [0.25, 0.3) is 0 Å². The van der Waals surface area contributed by atoms with Crippen LogP contribution >= 0.6 is 27.3 Å². The van der Waals surface area contributed by atoms with Crippen LogP contribution in [0.3, 0.4) is 0 Å². The molecule has 3 heterocycles. The molecule has 0 amide bonds. The van der Waals surface area contributed by atoms with Crippen molar-refractivity contribution in [2.45, 2.75) is 13.0 Å². The predicted molar refractivity (Wildman–Crippen MR) is 79.7 cm³/mol. The average Bonchev–Trinajstić information content (AvgIpc) is 2.96. The van der Waals surface area contributed by atoms with Crippen LogP contribution in [-0.4, -0.2) is 29.7 Å². The molecule has 1 atom stereocenters. The number of morpholine rings is 1. The number of thiazole rings is 1. The molecule has 0 spiro atoms. The molecule has 0 aromatic carbocycles. The summed E-state index contributed by atoms with van der Waals surface area (Å²) in [7, 11) is 0. The van der Waals surface area contributed by atoms with E-state index in [1.807, 2.05) is 17.8 Å². The number of halogens is 1. The molecule has 0 aliphatic carbocycles. The Morgan fingerprint density at radius 2 is 2.37 bits per heavy atom. The first kappa shape index (κ1) is 13.0. The Balaban J connectivity index is 1.79. The monoisotopic (exact) mass is 339 g/mol. The largest absolute Gasteiger partial charge is 0.367 e. The number of hydrogen-bond donors (Lipinski definition) is 0. The van der Waals surface area contributed by atoms with Crippen LogP contribution < -0.4 is 4.90 Å². The second kappa shape index (κ2) is 5.56. The van der Waals surface area contributed by atoms with Crippen molar-refractivity contribution >= 4 is 33.1 Å². The number of aromatic nitrogens is 2. The summed E-state index contributed by atoms with van der Waals surface area (Å²) in [5.74, 6) is 1.01. The first-order valence-corrected chi connectivity index (χ1v) is 7.79. The summed E-state index contributed by atoms with van der Waals surface area (Å²) >= 11 is 5.12. The van der Waals surface area contributed by atoms with Gasteiger partial charge in [0.05, 0.1) is 13.2 Å². The van der Waals surface area contributed by atoms with Gasteiger partial charge < -0.3 is 9.64 Å². The smallest absolute Gasteiger partial charge is 0.128 e. The van der Waals surface area contributed by atoms with Gasteiger partial charge in [-0.05, 0) is 34.5 Å². The number of hydrogen-bond acceptors (Lipinski definition) is 5. The van der Waals surface area contributed by atoms with E-state index in [-0.39, 0.29) is 6.10 Å². The summed E-state index contributed by atoms with van der Waals surface area (Å²) in [5.41, 5.74) is 1.20. The maximum Gasteiger partial charge on any atom is 0.128 e. The Labute approximate surface area is 124 Å². The highest BCUT2D eigenvalue weighted by Crippen LogP contribution is 2.27. The molecular formula is C13H14BrN3OS. The zero-order valence-corrected chi connectivity index (χ0v) is 12.9. The number of aryl methyl sites for hydroxylation is 1. The van der Waals surface area contributed by atoms with E-state index in [0.717, 1.165) is 28.4 Å². The Morgan fingerprint density at radius 1 is 1.47 bits per heavy atom. The van der Waals surface area contributed by atoms with Gasteiger partial charge in [-0.15, -0.1) is 11.3 Å². The van der Waals surface area contributed by atoms with Crippen LogP contribution in [0.1, 0.15) is 16.7 Å². The van der Waals surface area contributed by atoms with Crippen molar-refractivity contribution < 1.29 is 4.74 Å². The summed E-state index contributed by atoms with van der Waals surface area (Å²) < 4.78 is 6.84. The highest BCUT2D eigenvalue weighted by atomic mass is 79.9. The summed E-state index contributed by atoms with van der Waals surface area (Å²) in [5, 5.41) is 3.03. The van der Waals surface area contributed by atoms with Gasteiger partial charge in [-0.25, -0.2) is 9.97 Å².